The monoisotopic (exact) mass is 245 g/mol. The van der Waals surface area contributed by atoms with Crippen molar-refractivity contribution in [1.29, 1.82) is 0 Å². The molecule has 0 atom stereocenters. The van der Waals surface area contributed by atoms with Crippen molar-refractivity contribution in [2.45, 2.75) is 26.8 Å². The number of carboxylic acid groups (broad SMARTS) is 1. The van der Waals surface area contributed by atoms with Gasteiger partial charge in [-0.1, -0.05) is 0 Å². The van der Waals surface area contributed by atoms with E-state index in [9.17, 15) is 14.7 Å². The molecule has 1 aliphatic heterocycles. The van der Waals surface area contributed by atoms with Gasteiger partial charge in [-0.15, -0.1) is 0 Å². The Labute approximate surface area is 105 Å². The third kappa shape index (κ3) is 1.90. The van der Waals surface area contributed by atoms with Gasteiger partial charge in [0.05, 0.1) is 5.56 Å². The molecular formula is C14H15NO3. The van der Waals surface area contributed by atoms with Crippen molar-refractivity contribution in [2.24, 2.45) is 0 Å². The highest BCUT2D eigenvalue weighted by molar-refractivity contribution is 5.97. The van der Waals surface area contributed by atoms with Crippen LogP contribution in [0.4, 0.5) is 0 Å². The number of benzene rings is 1. The average Bonchev–Trinajstić information content (AvgIpc) is 2.26. The van der Waals surface area contributed by atoms with Crippen LogP contribution in [-0.2, 0) is 0 Å². The molecular weight excluding hydrogens is 230 g/mol. The van der Waals surface area contributed by atoms with Gasteiger partial charge in [0, 0.05) is 23.5 Å². The van der Waals surface area contributed by atoms with E-state index in [1.165, 1.54) is 12.1 Å². The molecule has 1 aliphatic carbocycles. The lowest BCUT2D eigenvalue weighted by atomic mass is 9.97. The van der Waals surface area contributed by atoms with Crippen molar-refractivity contribution in [3.63, 3.8) is 0 Å². The molecule has 0 aromatic carbocycles. The summed E-state index contributed by atoms with van der Waals surface area (Å²) in [4.78, 5) is 22.8. The summed E-state index contributed by atoms with van der Waals surface area (Å²) in [5, 5.41) is 9.35. The van der Waals surface area contributed by atoms with Crippen LogP contribution >= 0.6 is 0 Å². The van der Waals surface area contributed by atoms with E-state index in [0.717, 1.165) is 5.56 Å². The van der Waals surface area contributed by atoms with E-state index in [4.69, 9.17) is 0 Å². The average molecular weight is 245 g/mol. The smallest absolute Gasteiger partial charge is 0.338 e. The van der Waals surface area contributed by atoms with Crippen LogP contribution in [0, 0.1) is 6.92 Å². The molecule has 18 heavy (non-hydrogen) atoms. The second-order valence-electron chi connectivity index (χ2n) is 4.64. The minimum Gasteiger partial charge on any atom is -0.478 e. The van der Waals surface area contributed by atoms with Gasteiger partial charge in [0.1, 0.15) is 0 Å². The van der Waals surface area contributed by atoms with Gasteiger partial charge in [-0.05, 0) is 44.5 Å². The Kier molecular flexibility index (Phi) is 2.95. The minimum atomic E-state index is -1.00. The summed E-state index contributed by atoms with van der Waals surface area (Å²) in [5.74, 6) is -1.00. The van der Waals surface area contributed by atoms with E-state index in [1.54, 1.807) is 13.0 Å². The zero-order chi connectivity index (χ0) is 13.4. The lowest BCUT2D eigenvalue weighted by Gasteiger charge is -2.21. The lowest BCUT2D eigenvalue weighted by molar-refractivity contribution is 0.0695. The number of carbonyl (C=O) groups is 1. The van der Waals surface area contributed by atoms with Gasteiger partial charge in [0.25, 0.3) is 0 Å². The van der Waals surface area contributed by atoms with Crippen molar-refractivity contribution in [1.82, 2.24) is 4.57 Å². The van der Waals surface area contributed by atoms with Gasteiger partial charge in [-0.3, -0.25) is 4.79 Å². The summed E-state index contributed by atoms with van der Waals surface area (Å²) >= 11 is 0. The molecule has 0 aromatic heterocycles. The quantitative estimate of drug-likeness (QED) is 0.884. The highest BCUT2D eigenvalue weighted by atomic mass is 16.4. The molecule has 0 aromatic rings. The molecule has 0 fully saturated rings. The molecule has 94 valence electrons. The third-order valence-corrected chi connectivity index (χ3v) is 3.09. The molecule has 4 nitrogen and oxygen atoms in total. The summed E-state index contributed by atoms with van der Waals surface area (Å²) in [7, 11) is 0. The van der Waals surface area contributed by atoms with Crippen LogP contribution in [0.2, 0.25) is 0 Å². The lowest BCUT2D eigenvalue weighted by Crippen LogP contribution is -2.15. The molecule has 0 radical (unpaired) electrons. The van der Waals surface area contributed by atoms with Gasteiger partial charge in [-0.25, -0.2) is 4.79 Å². The number of fused-ring (bicyclic) bond motifs is 1. The van der Waals surface area contributed by atoms with Gasteiger partial charge >= 0.3 is 5.97 Å². The number of nitrogens with zero attached hydrogens (tertiary/aromatic N) is 1. The van der Waals surface area contributed by atoms with Crippen LogP contribution in [0.15, 0.2) is 29.2 Å². The molecule has 0 amide bonds. The summed E-state index contributed by atoms with van der Waals surface area (Å²) in [6, 6.07) is 4.67. The van der Waals surface area contributed by atoms with E-state index in [0.29, 0.717) is 11.3 Å². The number of hydrogen-bond acceptors (Lipinski definition) is 2. The van der Waals surface area contributed by atoms with E-state index < -0.39 is 5.97 Å². The van der Waals surface area contributed by atoms with Crippen molar-refractivity contribution >= 4 is 5.97 Å². The van der Waals surface area contributed by atoms with Crippen molar-refractivity contribution in [2.75, 3.05) is 0 Å². The molecule has 0 bridgehead atoms. The SMILES string of the molecule is Cc1c(C(=O)O)c2cc(=O)ccc-2cn1C(C)C. The third-order valence-electron chi connectivity index (χ3n) is 3.09. The number of pyridine rings is 1. The zero-order valence-corrected chi connectivity index (χ0v) is 10.6. The first-order valence-corrected chi connectivity index (χ1v) is 5.80. The molecule has 0 saturated carbocycles. The fourth-order valence-electron chi connectivity index (χ4n) is 2.24. The van der Waals surface area contributed by atoms with E-state index in [1.807, 2.05) is 24.6 Å². The second-order valence-corrected chi connectivity index (χ2v) is 4.64. The van der Waals surface area contributed by atoms with Crippen LogP contribution in [0.3, 0.4) is 0 Å². The maximum Gasteiger partial charge on any atom is 0.338 e. The fraction of sp³-hybridized carbons (Fsp3) is 0.286. The minimum absolute atomic E-state index is 0.166. The standard InChI is InChI=1S/C14H15NO3/c1-8(2)15-7-10-4-5-11(16)6-12(10)13(9(15)3)14(17)18/h4-8H,1-3H3,(H,17,18). The maximum atomic E-state index is 11.4. The molecule has 0 saturated heterocycles. The van der Waals surface area contributed by atoms with Crippen LogP contribution in [0.1, 0.15) is 35.9 Å². The second kappa shape index (κ2) is 4.29. The highest BCUT2D eigenvalue weighted by Gasteiger charge is 2.20. The van der Waals surface area contributed by atoms with Crippen LogP contribution < -0.4 is 5.43 Å². The Bertz CT molecular complexity index is 640. The summed E-state index contributed by atoms with van der Waals surface area (Å²) in [6.07, 6.45) is 1.89. The number of carboxylic acids is 1. The molecule has 0 unspecified atom stereocenters. The molecule has 4 heteroatoms. The maximum absolute atomic E-state index is 11.4. The first kappa shape index (κ1) is 12.4. The summed E-state index contributed by atoms with van der Waals surface area (Å²) in [6.45, 7) is 5.75. The summed E-state index contributed by atoms with van der Waals surface area (Å²) < 4.78 is 1.91. The fourth-order valence-corrected chi connectivity index (χ4v) is 2.24. The zero-order valence-electron chi connectivity index (χ0n) is 10.6. The Hall–Kier alpha value is -2.10. The van der Waals surface area contributed by atoms with Crippen molar-refractivity contribution < 1.29 is 9.90 Å². The van der Waals surface area contributed by atoms with Gasteiger partial charge < -0.3 is 9.67 Å². The normalized spacial score (nSPS) is 11.1. The van der Waals surface area contributed by atoms with Crippen LogP contribution in [-0.4, -0.2) is 15.6 Å². The molecule has 2 aliphatic rings. The Morgan fingerprint density at radius 2 is 2.00 bits per heavy atom. The topological polar surface area (TPSA) is 59.3 Å². The Morgan fingerprint density at radius 3 is 2.56 bits per heavy atom. The van der Waals surface area contributed by atoms with E-state index in [2.05, 4.69) is 0 Å². The van der Waals surface area contributed by atoms with Crippen molar-refractivity contribution in [3.8, 4) is 11.1 Å². The Morgan fingerprint density at radius 1 is 1.33 bits per heavy atom. The number of aromatic carboxylic acids is 1. The first-order valence-electron chi connectivity index (χ1n) is 5.80. The molecule has 1 heterocycles. The summed E-state index contributed by atoms with van der Waals surface area (Å²) in [5.41, 5.74) is 1.97. The van der Waals surface area contributed by atoms with E-state index in [-0.39, 0.29) is 17.0 Å². The predicted molar refractivity (Wildman–Crippen MR) is 69.4 cm³/mol. The van der Waals surface area contributed by atoms with Crippen LogP contribution in [0.25, 0.3) is 11.1 Å². The van der Waals surface area contributed by atoms with Gasteiger partial charge in [0.15, 0.2) is 5.43 Å². The highest BCUT2D eigenvalue weighted by Crippen LogP contribution is 2.28. The van der Waals surface area contributed by atoms with Crippen LogP contribution in [0.5, 0.6) is 0 Å². The number of rotatable bonds is 2. The number of hydrogen-bond donors (Lipinski definition) is 1. The van der Waals surface area contributed by atoms with E-state index >= 15 is 0 Å². The first-order chi connectivity index (χ1) is 8.41. The predicted octanol–water partition coefficient (Wildman–Crippen LogP) is 2.54. The largest absolute Gasteiger partial charge is 0.478 e. The Balaban J connectivity index is 2.92. The number of aromatic nitrogens is 1. The molecule has 2 rings (SSSR count). The van der Waals surface area contributed by atoms with Gasteiger partial charge in [-0.2, -0.15) is 0 Å². The molecule has 1 N–H and O–H groups in total. The molecule has 0 spiro atoms. The van der Waals surface area contributed by atoms with Gasteiger partial charge in [0.2, 0.25) is 0 Å². The van der Waals surface area contributed by atoms with Crippen molar-refractivity contribution in [3.05, 3.63) is 45.9 Å².